The zero-order valence-electron chi connectivity index (χ0n) is 37.5. The molecule has 4 aromatic heterocycles. The summed E-state index contributed by atoms with van der Waals surface area (Å²) < 4.78 is 21.1. The molecule has 14 nitrogen and oxygen atoms in total. The van der Waals surface area contributed by atoms with Crippen LogP contribution >= 0.6 is 38.6 Å². The molecule has 0 aliphatic carbocycles. The largest absolute Gasteiger partial charge is 0.498 e. The number of carbonyl (C=O) groups is 3. The molecule has 1 atom stereocenters. The Labute approximate surface area is 382 Å². The van der Waals surface area contributed by atoms with Gasteiger partial charge < -0.3 is 23.8 Å². The summed E-state index contributed by atoms with van der Waals surface area (Å²) in [6, 6.07) is 3.90. The van der Waals surface area contributed by atoms with E-state index < -0.39 is 7.12 Å². The van der Waals surface area contributed by atoms with Crippen molar-refractivity contribution >= 4 is 75.1 Å². The summed E-state index contributed by atoms with van der Waals surface area (Å²) in [6.45, 7) is 24.6. The fourth-order valence-electron chi connectivity index (χ4n) is 7.01. The van der Waals surface area contributed by atoms with Gasteiger partial charge in [-0.25, -0.2) is 0 Å². The minimum atomic E-state index is -0.462. The van der Waals surface area contributed by atoms with Gasteiger partial charge in [0.15, 0.2) is 0 Å². The quantitative estimate of drug-likeness (QED) is 0.101. The molecule has 1 unspecified atom stereocenters. The van der Waals surface area contributed by atoms with E-state index in [0.717, 1.165) is 89.1 Å². The number of hydrogen-bond acceptors (Lipinski definition) is 12. The van der Waals surface area contributed by atoms with Crippen LogP contribution in [0, 0.1) is 17.8 Å². The van der Waals surface area contributed by atoms with Gasteiger partial charge in [-0.15, -0.1) is 22.7 Å². The molecule has 0 radical (unpaired) electrons. The number of thiophene rings is 2. The van der Waals surface area contributed by atoms with Crippen LogP contribution in [0.25, 0.3) is 10.4 Å². The van der Waals surface area contributed by atoms with Crippen LogP contribution in [0.4, 0.5) is 0 Å². The predicted molar refractivity (Wildman–Crippen MR) is 245 cm³/mol. The number of amides is 2. The molecule has 7 heterocycles. The molecule has 2 amide bonds. The Balaban J connectivity index is 0.000000199. The minimum Gasteiger partial charge on any atom is -0.465 e. The third kappa shape index (κ3) is 14.5. The van der Waals surface area contributed by atoms with Crippen molar-refractivity contribution in [3.8, 4) is 10.4 Å². The summed E-state index contributed by atoms with van der Waals surface area (Å²) in [6.07, 6.45) is 14.0. The zero-order chi connectivity index (χ0) is 45.9. The fourth-order valence-corrected chi connectivity index (χ4v) is 9.00. The number of nitrogens with zero attached hydrogens (tertiary/aromatic N) is 6. The van der Waals surface area contributed by atoms with Gasteiger partial charge in [-0.3, -0.25) is 23.7 Å². The Hall–Kier alpha value is -4.06. The second kappa shape index (κ2) is 22.0. The Morgan fingerprint density at radius 3 is 1.98 bits per heavy atom. The number of aromatic nitrogens is 4. The van der Waals surface area contributed by atoms with Gasteiger partial charge in [-0.05, 0) is 107 Å². The van der Waals surface area contributed by atoms with Crippen molar-refractivity contribution in [1.29, 1.82) is 0 Å². The smallest absolute Gasteiger partial charge is 0.465 e. The van der Waals surface area contributed by atoms with Crippen molar-refractivity contribution < 1.29 is 38.0 Å². The van der Waals surface area contributed by atoms with E-state index in [2.05, 4.69) is 53.8 Å². The number of esters is 1. The summed E-state index contributed by atoms with van der Waals surface area (Å²) in [4.78, 5) is 57.7. The van der Waals surface area contributed by atoms with Crippen LogP contribution in [0.2, 0.25) is 0 Å². The monoisotopic (exact) mass is 955 g/mol. The highest BCUT2D eigenvalue weighted by Gasteiger charge is 2.52. The normalized spacial score (nSPS) is 20.1. The zero-order valence-corrected chi connectivity index (χ0v) is 40.8. The van der Waals surface area contributed by atoms with Crippen LogP contribution in [0.15, 0.2) is 51.5 Å². The number of hydrogen-bond donors (Lipinski definition) is 0. The standard InChI is InChI=1S/C17H23N3OS.C13H21BN2O4.C13H17BrNOS.CO2/c1-17(2)5-4-7-20(8-6-17)16(21)13-9-15(22-12-13)14-10-18-19(3)11-14;1-6-18-11(17)9-16-8-10(7-15-16)14-19-12(2,3)13(4,5)20-14;1-13(2)4-3-6-15(7-5-13)12(16)10-8-11(14)17-9-10;2-1-3/h9-12H,4-8H2,1-3H3;7-8H,6,9H2,1-5H3;8-9H,1,3-7H2,2H3;/q;;+1;. The molecule has 0 spiro atoms. The van der Waals surface area contributed by atoms with Gasteiger partial charge in [0, 0.05) is 84.9 Å². The van der Waals surface area contributed by atoms with E-state index in [0.29, 0.717) is 12.0 Å². The van der Waals surface area contributed by atoms with Gasteiger partial charge in [0.05, 0.1) is 45.8 Å². The van der Waals surface area contributed by atoms with Crippen LogP contribution < -0.4 is 5.46 Å². The Kier molecular flexibility index (Phi) is 18.0. The van der Waals surface area contributed by atoms with E-state index in [1.54, 1.807) is 46.7 Å². The second-order valence-corrected chi connectivity index (χ2v) is 21.2. The van der Waals surface area contributed by atoms with Gasteiger partial charge in [-0.2, -0.15) is 19.8 Å². The van der Waals surface area contributed by atoms with Crippen molar-refractivity contribution in [1.82, 2.24) is 29.4 Å². The first-order chi connectivity index (χ1) is 29.1. The highest BCUT2D eigenvalue weighted by molar-refractivity contribution is 9.11. The maximum Gasteiger partial charge on any atom is 0.498 e. The van der Waals surface area contributed by atoms with E-state index >= 15 is 0 Å². The number of halogens is 1. The Morgan fingerprint density at radius 1 is 0.839 bits per heavy atom. The van der Waals surface area contributed by atoms with Crippen LogP contribution in [0.1, 0.15) is 115 Å². The molecule has 3 aliphatic rings. The lowest BCUT2D eigenvalue weighted by molar-refractivity contribution is -0.191. The maximum atomic E-state index is 12.7. The number of ether oxygens (including phenoxy) is 1. The van der Waals surface area contributed by atoms with Gasteiger partial charge in [0.1, 0.15) is 12.0 Å². The number of aryl methyl sites for hydroxylation is 1. The van der Waals surface area contributed by atoms with Crippen LogP contribution in [0.5, 0.6) is 0 Å². The molecule has 7 rings (SSSR count). The summed E-state index contributed by atoms with van der Waals surface area (Å²) in [5.74, 6) is 0.0183. The first-order valence-electron chi connectivity index (χ1n) is 20.9. The summed E-state index contributed by atoms with van der Waals surface area (Å²) in [5.41, 5.74) is 3.19. The van der Waals surface area contributed by atoms with Crippen molar-refractivity contribution in [2.45, 2.75) is 112 Å². The lowest BCUT2D eigenvalue weighted by atomic mass is 9.82. The number of rotatable bonds is 7. The highest BCUT2D eigenvalue weighted by Crippen LogP contribution is 2.37. The lowest BCUT2D eigenvalue weighted by Crippen LogP contribution is -2.41. The Morgan fingerprint density at radius 2 is 1.42 bits per heavy atom. The van der Waals surface area contributed by atoms with Crippen molar-refractivity contribution in [2.75, 3.05) is 32.8 Å². The summed E-state index contributed by atoms with van der Waals surface area (Å²) >= 11 is 6.57. The highest BCUT2D eigenvalue weighted by atomic mass is 79.9. The average Bonchev–Trinajstić information content (AvgIpc) is 4.02. The van der Waals surface area contributed by atoms with E-state index in [1.165, 1.54) is 11.1 Å². The van der Waals surface area contributed by atoms with Crippen LogP contribution in [-0.4, -0.2) is 104 Å². The van der Waals surface area contributed by atoms with Gasteiger partial charge >= 0.3 is 19.2 Å². The number of carbonyl (C=O) groups excluding carboxylic acids is 5. The molecule has 0 aromatic carbocycles. The molecule has 62 heavy (non-hydrogen) atoms. The maximum absolute atomic E-state index is 12.7. The molecule has 336 valence electrons. The van der Waals surface area contributed by atoms with E-state index in [-0.39, 0.29) is 47.1 Å². The van der Waals surface area contributed by atoms with Crippen molar-refractivity contribution in [3.05, 3.63) is 69.5 Å². The van der Waals surface area contributed by atoms with E-state index in [9.17, 15) is 14.4 Å². The van der Waals surface area contributed by atoms with E-state index in [4.69, 9.17) is 23.6 Å². The summed E-state index contributed by atoms with van der Waals surface area (Å²) in [5, 5.41) is 12.2. The lowest BCUT2D eigenvalue weighted by Gasteiger charge is -2.32. The Bertz CT molecular complexity index is 2120. The third-order valence-corrected chi connectivity index (χ3v) is 14.0. The number of likely N-dealkylation sites (tertiary alicyclic amines) is 2. The molecule has 18 heteroatoms. The van der Waals surface area contributed by atoms with Crippen molar-refractivity contribution in [2.24, 2.45) is 17.9 Å². The van der Waals surface area contributed by atoms with Crippen molar-refractivity contribution in [3.63, 3.8) is 0 Å². The molecule has 3 aliphatic heterocycles. The van der Waals surface area contributed by atoms with Crippen LogP contribution in [0.3, 0.4) is 0 Å². The topological polar surface area (TPSA) is 155 Å². The molecular weight excluding hydrogens is 895 g/mol. The molecule has 0 bridgehead atoms. The molecule has 0 saturated carbocycles. The molecule has 0 N–H and O–H groups in total. The molecule has 4 aromatic rings. The second-order valence-electron chi connectivity index (χ2n) is 18.0. The van der Waals surface area contributed by atoms with E-state index in [1.807, 2.05) is 79.8 Å². The van der Waals surface area contributed by atoms with Gasteiger partial charge in [0.25, 0.3) is 11.8 Å². The summed E-state index contributed by atoms with van der Waals surface area (Å²) in [7, 11) is 1.44. The predicted octanol–water partition coefficient (Wildman–Crippen LogP) is 7.94. The van der Waals surface area contributed by atoms with Crippen LogP contribution in [-0.2, 0) is 42.0 Å². The molecular formula is C44H61BBrN6O8S2+. The van der Waals surface area contributed by atoms with Gasteiger partial charge in [-0.1, -0.05) is 13.8 Å². The third-order valence-electron chi connectivity index (χ3n) is 11.5. The molecule has 3 fully saturated rings. The molecule has 3 saturated heterocycles. The first kappa shape index (κ1) is 50.6. The van der Waals surface area contributed by atoms with Gasteiger partial charge in [0.2, 0.25) is 0 Å². The SMILES string of the molecule is CCOC(=O)Cn1cc(B2OC(C)(C)C(C)(C)O2)cn1.Cn1cc(-c2cc(C(=O)N3CCCC(C)(C)CC3)cs2)cn1.O=C=O.[CH2+]C1(C)CCCN(C(=O)c2csc(Br)c2)CC1. The fraction of sp³-hybridized carbons (Fsp3) is 0.568. The average molecular weight is 957 g/mol. The minimum absolute atomic E-state index is 0.0906. The first-order valence-corrected chi connectivity index (χ1v) is 23.4.